The van der Waals surface area contributed by atoms with Gasteiger partial charge in [0, 0.05) is 37.4 Å². The van der Waals surface area contributed by atoms with Crippen molar-refractivity contribution < 1.29 is 9.32 Å². The fourth-order valence-corrected chi connectivity index (χ4v) is 2.03. The molecule has 0 saturated heterocycles. The molecule has 0 aliphatic rings. The lowest BCUT2D eigenvalue weighted by Gasteiger charge is -2.14. The molecule has 7 heteroatoms. The van der Waals surface area contributed by atoms with Gasteiger partial charge in [-0.2, -0.15) is 4.98 Å². The van der Waals surface area contributed by atoms with E-state index < -0.39 is 0 Å². The van der Waals surface area contributed by atoms with E-state index in [4.69, 9.17) is 4.52 Å². The van der Waals surface area contributed by atoms with Crippen LogP contribution in [-0.2, 0) is 17.8 Å². The van der Waals surface area contributed by atoms with Crippen molar-refractivity contribution in [2.75, 3.05) is 7.05 Å². The molecule has 0 atom stereocenters. The van der Waals surface area contributed by atoms with Gasteiger partial charge in [0.1, 0.15) is 0 Å². The number of hydrogen-bond donors (Lipinski definition) is 0. The van der Waals surface area contributed by atoms with Crippen LogP contribution in [-0.4, -0.2) is 38.0 Å². The Kier molecular flexibility index (Phi) is 4.37. The summed E-state index contributed by atoms with van der Waals surface area (Å²) in [4.78, 5) is 26.0. The Morgan fingerprint density at radius 3 is 2.65 bits per heavy atom. The molecule has 3 rings (SSSR count). The quantitative estimate of drug-likeness (QED) is 0.713. The Morgan fingerprint density at radius 2 is 1.96 bits per heavy atom. The molecule has 7 nitrogen and oxygen atoms in total. The first kappa shape index (κ1) is 14.8. The van der Waals surface area contributed by atoms with Crippen LogP contribution in [0.25, 0.3) is 11.4 Å². The number of carbonyl (C=O) groups excluding carboxylic acids is 1. The van der Waals surface area contributed by atoms with E-state index >= 15 is 0 Å². The summed E-state index contributed by atoms with van der Waals surface area (Å²) in [7, 11) is 1.70. The molecular formula is C16H15N5O2. The maximum absolute atomic E-state index is 12.2. The van der Waals surface area contributed by atoms with Crippen LogP contribution in [0.4, 0.5) is 0 Å². The van der Waals surface area contributed by atoms with Crippen LogP contribution in [0.15, 0.2) is 53.6 Å². The number of likely N-dealkylation sites (N-methyl/N-ethyl adjacent to an activating group) is 1. The van der Waals surface area contributed by atoms with Crippen molar-refractivity contribution >= 4 is 5.91 Å². The Bertz CT molecular complexity index is 773. The molecule has 0 bridgehead atoms. The highest BCUT2D eigenvalue weighted by atomic mass is 16.5. The Labute approximate surface area is 133 Å². The van der Waals surface area contributed by atoms with Crippen molar-refractivity contribution in [3.8, 4) is 11.4 Å². The van der Waals surface area contributed by atoms with Crippen LogP contribution < -0.4 is 0 Å². The first-order chi connectivity index (χ1) is 11.2. The number of amides is 1. The van der Waals surface area contributed by atoms with E-state index in [1.807, 2.05) is 12.1 Å². The predicted molar refractivity (Wildman–Crippen MR) is 81.9 cm³/mol. The van der Waals surface area contributed by atoms with Crippen molar-refractivity contribution in [3.63, 3.8) is 0 Å². The summed E-state index contributed by atoms with van der Waals surface area (Å²) in [6.45, 7) is 0.256. The number of carbonyl (C=O) groups is 1. The Morgan fingerprint density at radius 1 is 1.17 bits per heavy atom. The van der Waals surface area contributed by atoms with Crippen molar-refractivity contribution in [1.82, 2.24) is 25.0 Å². The van der Waals surface area contributed by atoms with Crippen LogP contribution in [0.5, 0.6) is 0 Å². The molecule has 3 aromatic heterocycles. The molecule has 116 valence electrons. The normalized spacial score (nSPS) is 10.5. The van der Waals surface area contributed by atoms with Gasteiger partial charge in [0.25, 0.3) is 0 Å². The van der Waals surface area contributed by atoms with E-state index in [0.29, 0.717) is 11.7 Å². The van der Waals surface area contributed by atoms with E-state index in [0.717, 1.165) is 11.1 Å². The molecule has 1 amide bonds. The van der Waals surface area contributed by atoms with Crippen molar-refractivity contribution in [2.24, 2.45) is 0 Å². The van der Waals surface area contributed by atoms with Crippen LogP contribution in [0.2, 0.25) is 0 Å². The Hall–Kier alpha value is -3.09. The zero-order valence-electron chi connectivity index (χ0n) is 12.6. The molecule has 0 unspecified atom stereocenters. The zero-order chi connectivity index (χ0) is 16.1. The van der Waals surface area contributed by atoms with Gasteiger partial charge in [-0.15, -0.1) is 0 Å². The van der Waals surface area contributed by atoms with Gasteiger partial charge >= 0.3 is 0 Å². The van der Waals surface area contributed by atoms with Crippen LogP contribution in [0, 0.1) is 0 Å². The van der Waals surface area contributed by atoms with Crippen molar-refractivity contribution in [2.45, 2.75) is 13.0 Å². The highest BCUT2D eigenvalue weighted by molar-refractivity contribution is 5.78. The molecule has 0 radical (unpaired) electrons. The topological polar surface area (TPSA) is 85.0 Å². The molecule has 0 spiro atoms. The van der Waals surface area contributed by atoms with Crippen molar-refractivity contribution in [1.29, 1.82) is 0 Å². The van der Waals surface area contributed by atoms with E-state index in [1.54, 1.807) is 48.9 Å². The van der Waals surface area contributed by atoms with Gasteiger partial charge in [0.2, 0.25) is 17.6 Å². The van der Waals surface area contributed by atoms with E-state index in [2.05, 4.69) is 20.1 Å². The third-order valence-electron chi connectivity index (χ3n) is 3.26. The lowest BCUT2D eigenvalue weighted by atomic mass is 10.2. The SMILES string of the molecule is CN(Cc1nc(-c2cccnc2)no1)C(=O)Cc1cccnc1. The third-order valence-corrected chi connectivity index (χ3v) is 3.26. The third kappa shape index (κ3) is 3.76. The van der Waals surface area contributed by atoms with Gasteiger partial charge < -0.3 is 9.42 Å². The highest BCUT2D eigenvalue weighted by Gasteiger charge is 2.15. The van der Waals surface area contributed by atoms with Gasteiger partial charge in [0.05, 0.1) is 13.0 Å². The van der Waals surface area contributed by atoms with Gasteiger partial charge in [-0.05, 0) is 23.8 Å². The summed E-state index contributed by atoms with van der Waals surface area (Å²) >= 11 is 0. The predicted octanol–water partition coefficient (Wildman–Crippen LogP) is 1.73. The second-order valence-electron chi connectivity index (χ2n) is 5.04. The van der Waals surface area contributed by atoms with Gasteiger partial charge in [-0.3, -0.25) is 14.8 Å². The second-order valence-corrected chi connectivity index (χ2v) is 5.04. The van der Waals surface area contributed by atoms with Gasteiger partial charge in [0.15, 0.2) is 0 Å². The van der Waals surface area contributed by atoms with Gasteiger partial charge in [-0.25, -0.2) is 0 Å². The number of hydrogen-bond acceptors (Lipinski definition) is 6. The molecule has 3 heterocycles. The Balaban J connectivity index is 1.63. The average Bonchev–Trinajstić information content (AvgIpc) is 3.05. The van der Waals surface area contributed by atoms with Crippen LogP contribution in [0.1, 0.15) is 11.5 Å². The molecule has 0 fully saturated rings. The molecule has 0 N–H and O–H groups in total. The standard InChI is InChI=1S/C16H15N5O2/c1-21(15(22)8-12-4-2-6-17-9-12)11-14-19-16(20-23-14)13-5-3-7-18-10-13/h2-7,9-10H,8,11H2,1H3. The minimum absolute atomic E-state index is 0.0425. The van der Waals surface area contributed by atoms with E-state index in [9.17, 15) is 4.79 Å². The molecule has 0 aliphatic carbocycles. The molecule has 0 aromatic carbocycles. The van der Waals surface area contributed by atoms with E-state index in [-0.39, 0.29) is 18.9 Å². The molecule has 0 saturated carbocycles. The van der Waals surface area contributed by atoms with E-state index in [1.165, 1.54) is 0 Å². The van der Waals surface area contributed by atoms with Gasteiger partial charge in [-0.1, -0.05) is 11.2 Å². The zero-order valence-corrected chi connectivity index (χ0v) is 12.6. The average molecular weight is 309 g/mol. The second kappa shape index (κ2) is 6.78. The largest absolute Gasteiger partial charge is 0.337 e. The number of aromatic nitrogens is 4. The first-order valence-corrected chi connectivity index (χ1v) is 7.08. The summed E-state index contributed by atoms with van der Waals surface area (Å²) in [5, 5.41) is 3.91. The lowest BCUT2D eigenvalue weighted by molar-refractivity contribution is -0.130. The highest BCUT2D eigenvalue weighted by Crippen LogP contribution is 2.14. The number of nitrogens with zero attached hydrogens (tertiary/aromatic N) is 5. The molecule has 3 aromatic rings. The number of pyridine rings is 2. The lowest BCUT2D eigenvalue weighted by Crippen LogP contribution is -2.27. The summed E-state index contributed by atoms with van der Waals surface area (Å²) in [5.41, 5.74) is 1.64. The summed E-state index contributed by atoms with van der Waals surface area (Å²) in [5.74, 6) is 0.797. The number of rotatable bonds is 5. The van der Waals surface area contributed by atoms with Crippen LogP contribution >= 0.6 is 0 Å². The maximum Gasteiger partial charge on any atom is 0.246 e. The molecule has 23 heavy (non-hydrogen) atoms. The minimum Gasteiger partial charge on any atom is -0.337 e. The fraction of sp³-hybridized carbons (Fsp3) is 0.188. The van der Waals surface area contributed by atoms with Crippen LogP contribution in [0.3, 0.4) is 0 Å². The smallest absolute Gasteiger partial charge is 0.246 e. The minimum atomic E-state index is -0.0425. The fourth-order valence-electron chi connectivity index (χ4n) is 2.03. The summed E-state index contributed by atoms with van der Waals surface area (Å²) in [6.07, 6.45) is 6.98. The molecular weight excluding hydrogens is 294 g/mol. The molecule has 0 aliphatic heterocycles. The maximum atomic E-state index is 12.2. The first-order valence-electron chi connectivity index (χ1n) is 7.08. The summed E-state index contributed by atoms with van der Waals surface area (Å²) < 4.78 is 5.19. The van der Waals surface area contributed by atoms with Crippen molar-refractivity contribution in [3.05, 3.63) is 60.5 Å². The monoisotopic (exact) mass is 309 g/mol. The summed E-state index contributed by atoms with van der Waals surface area (Å²) in [6, 6.07) is 7.32.